The molecule has 1 saturated carbocycles. The highest BCUT2D eigenvalue weighted by Gasteiger charge is 2.33. The molecule has 1 aliphatic rings. The van der Waals surface area contributed by atoms with Gasteiger partial charge < -0.3 is 4.90 Å². The molecule has 2 aromatic carbocycles. The molecule has 0 bridgehead atoms. The van der Waals surface area contributed by atoms with E-state index >= 15 is 0 Å². The number of carbonyl (C=O) groups excluding carboxylic acids is 1. The van der Waals surface area contributed by atoms with Gasteiger partial charge in [0.1, 0.15) is 5.82 Å². The average molecular weight is 446 g/mol. The molecule has 0 aliphatic heterocycles. The fourth-order valence-corrected chi connectivity index (χ4v) is 5.07. The van der Waals surface area contributed by atoms with Gasteiger partial charge >= 0.3 is 0 Å². The maximum absolute atomic E-state index is 13.8. The summed E-state index contributed by atoms with van der Waals surface area (Å²) >= 11 is 0. The monoisotopic (exact) mass is 445 g/mol. The lowest BCUT2D eigenvalue weighted by atomic mass is 10.0. The Balaban J connectivity index is 1.92. The highest BCUT2D eigenvalue weighted by atomic mass is 16.2. The molecule has 33 heavy (non-hydrogen) atoms. The molecule has 5 heteroatoms. The third-order valence-corrected chi connectivity index (χ3v) is 6.81. The summed E-state index contributed by atoms with van der Waals surface area (Å²) in [5.74, 6) is 1.23. The number of aromatic nitrogens is 2. The van der Waals surface area contributed by atoms with E-state index in [0.717, 1.165) is 43.4 Å². The molecule has 0 spiro atoms. The molecule has 0 saturated heterocycles. The maximum Gasteiger partial charge on any atom is 0.266 e. The van der Waals surface area contributed by atoms with Crippen molar-refractivity contribution < 1.29 is 4.79 Å². The first-order valence-electron chi connectivity index (χ1n) is 12.3. The van der Waals surface area contributed by atoms with Crippen molar-refractivity contribution in [2.75, 3.05) is 6.54 Å². The molecule has 174 valence electrons. The molecule has 5 nitrogen and oxygen atoms in total. The van der Waals surface area contributed by atoms with E-state index in [4.69, 9.17) is 4.98 Å². The van der Waals surface area contributed by atoms with Crippen LogP contribution in [0.4, 0.5) is 0 Å². The van der Waals surface area contributed by atoms with Gasteiger partial charge in [-0.15, -0.1) is 0 Å². The van der Waals surface area contributed by atoms with E-state index in [1.807, 2.05) is 54.3 Å². The molecule has 3 aromatic rings. The summed E-state index contributed by atoms with van der Waals surface area (Å²) in [7, 11) is 0. The van der Waals surface area contributed by atoms with Crippen molar-refractivity contribution in [3.63, 3.8) is 0 Å². The van der Waals surface area contributed by atoms with Crippen LogP contribution in [0.2, 0.25) is 0 Å². The van der Waals surface area contributed by atoms with Gasteiger partial charge in [0.2, 0.25) is 5.91 Å². The quantitative estimate of drug-likeness (QED) is 0.470. The fraction of sp³-hybridized carbons (Fsp3) is 0.464. The highest BCUT2D eigenvalue weighted by molar-refractivity contribution is 5.80. The standard InChI is InChI=1S/C28H35N3O2/c1-5-21-12-8-11-17-25(21)31-26(29-24-16-10-9-15-23(24)28(31)33)20(4)30(18-19(2)3)27(32)22-13-6-7-14-22/h8-12,15-17,19-20,22H,5-7,13-14,18H2,1-4H3. The minimum Gasteiger partial charge on any atom is -0.332 e. The number of para-hydroxylation sites is 2. The Morgan fingerprint density at radius 2 is 1.73 bits per heavy atom. The Morgan fingerprint density at radius 1 is 1.06 bits per heavy atom. The van der Waals surface area contributed by atoms with Gasteiger partial charge in [0.25, 0.3) is 5.56 Å². The van der Waals surface area contributed by atoms with E-state index in [1.54, 1.807) is 4.57 Å². The number of aryl methyl sites for hydroxylation is 1. The normalized spacial score (nSPS) is 15.3. The van der Waals surface area contributed by atoms with Gasteiger partial charge in [-0.1, -0.05) is 63.9 Å². The predicted molar refractivity (Wildman–Crippen MR) is 134 cm³/mol. The lowest BCUT2D eigenvalue weighted by Gasteiger charge is -2.34. The van der Waals surface area contributed by atoms with Crippen molar-refractivity contribution in [1.82, 2.24) is 14.5 Å². The van der Waals surface area contributed by atoms with Crippen LogP contribution in [0.5, 0.6) is 0 Å². The van der Waals surface area contributed by atoms with Gasteiger partial charge in [-0.2, -0.15) is 0 Å². The first-order valence-corrected chi connectivity index (χ1v) is 12.3. The van der Waals surface area contributed by atoms with Crippen molar-refractivity contribution in [3.8, 4) is 5.69 Å². The number of fused-ring (bicyclic) bond motifs is 1. The minimum absolute atomic E-state index is 0.0785. The number of hydrogen-bond acceptors (Lipinski definition) is 3. The number of carbonyl (C=O) groups is 1. The maximum atomic E-state index is 13.8. The van der Waals surface area contributed by atoms with Crippen LogP contribution in [-0.2, 0) is 11.2 Å². The zero-order valence-corrected chi connectivity index (χ0v) is 20.3. The molecule has 4 rings (SSSR count). The molecule has 1 atom stereocenters. The molecule has 1 heterocycles. The molecule has 1 aromatic heterocycles. The van der Waals surface area contributed by atoms with Crippen LogP contribution in [0.1, 0.15) is 70.8 Å². The van der Waals surface area contributed by atoms with Crippen LogP contribution in [0.3, 0.4) is 0 Å². The molecule has 1 aliphatic carbocycles. The Morgan fingerprint density at radius 3 is 2.42 bits per heavy atom. The Bertz CT molecular complexity index is 1190. The predicted octanol–water partition coefficient (Wildman–Crippen LogP) is 5.68. The molecule has 1 unspecified atom stereocenters. The Labute approximate surface area is 196 Å². The molecule has 0 radical (unpaired) electrons. The summed E-state index contributed by atoms with van der Waals surface area (Å²) in [5.41, 5.74) is 2.53. The van der Waals surface area contributed by atoms with Crippen LogP contribution in [0.15, 0.2) is 53.3 Å². The average Bonchev–Trinajstić information content (AvgIpc) is 3.36. The van der Waals surface area contributed by atoms with Crippen molar-refractivity contribution >= 4 is 16.8 Å². The van der Waals surface area contributed by atoms with Crippen molar-refractivity contribution in [2.24, 2.45) is 11.8 Å². The van der Waals surface area contributed by atoms with Crippen LogP contribution in [0.25, 0.3) is 16.6 Å². The van der Waals surface area contributed by atoms with Gasteiger partial charge in [-0.25, -0.2) is 4.98 Å². The Hall–Kier alpha value is -2.95. The summed E-state index contributed by atoms with van der Waals surface area (Å²) in [6.45, 7) is 9.03. The smallest absolute Gasteiger partial charge is 0.266 e. The number of benzene rings is 2. The summed E-state index contributed by atoms with van der Waals surface area (Å²) in [5, 5.41) is 0.594. The second kappa shape index (κ2) is 9.90. The first-order chi connectivity index (χ1) is 15.9. The second-order valence-corrected chi connectivity index (χ2v) is 9.65. The number of hydrogen-bond donors (Lipinski definition) is 0. The van der Waals surface area contributed by atoms with E-state index in [9.17, 15) is 9.59 Å². The van der Waals surface area contributed by atoms with Crippen molar-refractivity contribution in [2.45, 2.75) is 65.8 Å². The number of rotatable bonds is 7. The summed E-state index contributed by atoms with van der Waals surface area (Å²) in [4.78, 5) is 34.4. The van der Waals surface area contributed by atoms with E-state index < -0.39 is 0 Å². The fourth-order valence-electron chi connectivity index (χ4n) is 5.07. The molecule has 0 N–H and O–H groups in total. The van der Waals surface area contributed by atoms with Crippen molar-refractivity contribution in [3.05, 3.63) is 70.3 Å². The molecule has 1 amide bonds. The Kier molecular flexibility index (Phi) is 6.96. The number of amides is 1. The minimum atomic E-state index is -0.317. The van der Waals surface area contributed by atoms with Crippen LogP contribution in [-0.4, -0.2) is 26.9 Å². The van der Waals surface area contributed by atoms with Crippen LogP contribution < -0.4 is 5.56 Å². The van der Waals surface area contributed by atoms with Crippen LogP contribution >= 0.6 is 0 Å². The highest BCUT2D eigenvalue weighted by Crippen LogP contribution is 2.31. The third-order valence-electron chi connectivity index (χ3n) is 6.81. The molecular formula is C28H35N3O2. The summed E-state index contributed by atoms with van der Waals surface area (Å²) < 4.78 is 1.75. The van der Waals surface area contributed by atoms with Gasteiger partial charge in [-0.05, 0) is 55.9 Å². The first kappa shape index (κ1) is 23.2. The van der Waals surface area contributed by atoms with E-state index in [-0.39, 0.29) is 23.4 Å². The van der Waals surface area contributed by atoms with E-state index in [1.165, 1.54) is 0 Å². The van der Waals surface area contributed by atoms with Crippen LogP contribution in [0, 0.1) is 11.8 Å². The zero-order valence-electron chi connectivity index (χ0n) is 20.3. The largest absolute Gasteiger partial charge is 0.332 e. The molecular weight excluding hydrogens is 410 g/mol. The van der Waals surface area contributed by atoms with Gasteiger partial charge in [0.15, 0.2) is 0 Å². The van der Waals surface area contributed by atoms with Gasteiger partial charge in [0, 0.05) is 12.5 Å². The van der Waals surface area contributed by atoms with Gasteiger partial charge in [0.05, 0.1) is 22.6 Å². The lowest BCUT2D eigenvalue weighted by Crippen LogP contribution is -2.42. The summed E-state index contributed by atoms with van der Waals surface area (Å²) in [6.07, 6.45) is 4.94. The molecule has 1 fully saturated rings. The van der Waals surface area contributed by atoms with E-state index in [0.29, 0.717) is 29.2 Å². The van der Waals surface area contributed by atoms with Gasteiger partial charge in [-0.3, -0.25) is 14.2 Å². The van der Waals surface area contributed by atoms with Crippen molar-refractivity contribution in [1.29, 1.82) is 0 Å². The van der Waals surface area contributed by atoms with E-state index in [2.05, 4.69) is 26.8 Å². The zero-order chi connectivity index (χ0) is 23.5. The second-order valence-electron chi connectivity index (χ2n) is 9.65. The third kappa shape index (κ3) is 4.59. The summed E-state index contributed by atoms with van der Waals surface area (Å²) in [6, 6.07) is 15.2. The SMILES string of the molecule is CCc1ccccc1-n1c(C(C)N(CC(C)C)C(=O)C2CCCC2)nc2ccccc2c1=O. The lowest BCUT2D eigenvalue weighted by molar-refractivity contribution is -0.138. The topological polar surface area (TPSA) is 55.2 Å². The number of nitrogens with zero attached hydrogens (tertiary/aromatic N) is 3.